The maximum absolute atomic E-state index is 3.65. The zero-order valence-electron chi connectivity index (χ0n) is 12.3. The van der Waals surface area contributed by atoms with E-state index >= 15 is 0 Å². The lowest BCUT2D eigenvalue weighted by molar-refractivity contribution is 0.169. The van der Waals surface area contributed by atoms with Gasteiger partial charge in [-0.25, -0.2) is 0 Å². The van der Waals surface area contributed by atoms with Gasteiger partial charge in [0.05, 0.1) is 0 Å². The summed E-state index contributed by atoms with van der Waals surface area (Å²) < 4.78 is 0. The number of nitrogens with one attached hydrogen (secondary N) is 1. The van der Waals surface area contributed by atoms with Crippen LogP contribution in [0.3, 0.4) is 0 Å². The average Bonchev–Trinajstić information content (AvgIpc) is 2.27. The number of likely N-dealkylation sites (tertiary alicyclic amines) is 1. The molecule has 2 heteroatoms. The van der Waals surface area contributed by atoms with Gasteiger partial charge in [-0.15, -0.1) is 0 Å². The molecule has 1 unspecified atom stereocenters. The molecule has 1 fully saturated rings. The SMILES string of the molecule is CCCNC1CCN(CC(C)CC(C)C)CC1. The largest absolute Gasteiger partial charge is 0.314 e. The summed E-state index contributed by atoms with van der Waals surface area (Å²) in [5.41, 5.74) is 0. The third kappa shape index (κ3) is 6.42. The third-order valence-electron chi connectivity index (χ3n) is 3.71. The Kier molecular flexibility index (Phi) is 7.14. The quantitative estimate of drug-likeness (QED) is 0.735. The first-order valence-corrected chi connectivity index (χ1v) is 7.57. The van der Waals surface area contributed by atoms with Crippen LogP contribution in [0.1, 0.15) is 53.4 Å². The first-order chi connectivity index (χ1) is 8.11. The molecule has 0 aromatic carbocycles. The Morgan fingerprint density at radius 3 is 2.35 bits per heavy atom. The zero-order chi connectivity index (χ0) is 12.7. The molecule has 17 heavy (non-hydrogen) atoms. The van der Waals surface area contributed by atoms with Gasteiger partial charge in [-0.3, -0.25) is 0 Å². The fraction of sp³-hybridized carbons (Fsp3) is 1.00. The van der Waals surface area contributed by atoms with Gasteiger partial charge in [-0.1, -0.05) is 27.7 Å². The molecule has 1 aliphatic rings. The van der Waals surface area contributed by atoms with Gasteiger partial charge in [0.2, 0.25) is 0 Å². The van der Waals surface area contributed by atoms with Crippen molar-refractivity contribution < 1.29 is 0 Å². The first-order valence-electron chi connectivity index (χ1n) is 7.57. The molecule has 0 aliphatic carbocycles. The van der Waals surface area contributed by atoms with E-state index in [1.165, 1.54) is 51.9 Å². The van der Waals surface area contributed by atoms with E-state index in [2.05, 4.69) is 37.9 Å². The van der Waals surface area contributed by atoms with Crippen LogP contribution >= 0.6 is 0 Å². The van der Waals surface area contributed by atoms with Gasteiger partial charge < -0.3 is 10.2 Å². The van der Waals surface area contributed by atoms with Gasteiger partial charge in [0.1, 0.15) is 0 Å². The highest BCUT2D eigenvalue weighted by Gasteiger charge is 2.19. The summed E-state index contributed by atoms with van der Waals surface area (Å²) in [7, 11) is 0. The molecule has 0 saturated carbocycles. The Morgan fingerprint density at radius 2 is 1.82 bits per heavy atom. The van der Waals surface area contributed by atoms with Crippen molar-refractivity contribution >= 4 is 0 Å². The van der Waals surface area contributed by atoms with Gasteiger partial charge in [-0.2, -0.15) is 0 Å². The summed E-state index contributed by atoms with van der Waals surface area (Å²) in [6, 6.07) is 0.784. The lowest BCUT2D eigenvalue weighted by Gasteiger charge is -2.34. The molecular formula is C15H32N2. The van der Waals surface area contributed by atoms with Gasteiger partial charge in [-0.05, 0) is 57.2 Å². The lowest BCUT2D eigenvalue weighted by Crippen LogP contribution is -2.44. The minimum atomic E-state index is 0.784. The van der Waals surface area contributed by atoms with Crippen molar-refractivity contribution in [3.63, 3.8) is 0 Å². The molecule has 0 amide bonds. The second-order valence-electron chi connectivity index (χ2n) is 6.26. The second-order valence-corrected chi connectivity index (χ2v) is 6.26. The first kappa shape index (κ1) is 15.0. The van der Waals surface area contributed by atoms with Gasteiger partial charge >= 0.3 is 0 Å². The molecule has 102 valence electrons. The van der Waals surface area contributed by atoms with Crippen molar-refractivity contribution in [2.24, 2.45) is 11.8 Å². The van der Waals surface area contributed by atoms with E-state index in [4.69, 9.17) is 0 Å². The molecule has 1 N–H and O–H groups in total. The highest BCUT2D eigenvalue weighted by molar-refractivity contribution is 4.78. The maximum Gasteiger partial charge on any atom is 0.00914 e. The second kappa shape index (κ2) is 8.10. The Balaban J connectivity index is 2.14. The molecule has 1 atom stereocenters. The van der Waals surface area contributed by atoms with Crippen LogP contribution in [-0.2, 0) is 0 Å². The number of piperidine rings is 1. The summed E-state index contributed by atoms with van der Waals surface area (Å²) in [5, 5.41) is 3.65. The Morgan fingerprint density at radius 1 is 1.18 bits per heavy atom. The molecule has 1 aliphatic heterocycles. The van der Waals surface area contributed by atoms with E-state index in [1.54, 1.807) is 0 Å². The van der Waals surface area contributed by atoms with E-state index in [-0.39, 0.29) is 0 Å². The maximum atomic E-state index is 3.65. The van der Waals surface area contributed by atoms with Crippen LogP contribution in [0.15, 0.2) is 0 Å². The highest BCUT2D eigenvalue weighted by Crippen LogP contribution is 2.16. The van der Waals surface area contributed by atoms with Crippen molar-refractivity contribution in [2.75, 3.05) is 26.2 Å². The smallest absolute Gasteiger partial charge is 0.00914 e. The van der Waals surface area contributed by atoms with Crippen LogP contribution < -0.4 is 5.32 Å². The van der Waals surface area contributed by atoms with Crippen LogP contribution in [0.2, 0.25) is 0 Å². The van der Waals surface area contributed by atoms with Crippen molar-refractivity contribution in [3.05, 3.63) is 0 Å². The minimum absolute atomic E-state index is 0.784. The molecule has 0 bridgehead atoms. The predicted octanol–water partition coefficient (Wildman–Crippen LogP) is 3.13. The summed E-state index contributed by atoms with van der Waals surface area (Å²) in [4.78, 5) is 2.66. The van der Waals surface area contributed by atoms with Gasteiger partial charge in [0.25, 0.3) is 0 Å². The van der Waals surface area contributed by atoms with Gasteiger partial charge in [0, 0.05) is 12.6 Å². The van der Waals surface area contributed by atoms with E-state index < -0.39 is 0 Å². The highest BCUT2D eigenvalue weighted by atomic mass is 15.1. The van der Waals surface area contributed by atoms with Crippen molar-refractivity contribution in [1.29, 1.82) is 0 Å². The van der Waals surface area contributed by atoms with Gasteiger partial charge in [0.15, 0.2) is 0 Å². The van der Waals surface area contributed by atoms with Crippen molar-refractivity contribution in [2.45, 2.75) is 59.4 Å². The van der Waals surface area contributed by atoms with E-state index in [9.17, 15) is 0 Å². The molecule has 2 nitrogen and oxygen atoms in total. The lowest BCUT2D eigenvalue weighted by atomic mass is 9.97. The molecule has 1 rings (SSSR count). The normalized spacial score (nSPS) is 21.0. The fourth-order valence-corrected chi connectivity index (χ4v) is 2.99. The van der Waals surface area contributed by atoms with Crippen LogP contribution in [0.4, 0.5) is 0 Å². The van der Waals surface area contributed by atoms with Crippen LogP contribution in [0, 0.1) is 11.8 Å². The Bertz CT molecular complexity index is 183. The van der Waals surface area contributed by atoms with Crippen molar-refractivity contribution in [1.82, 2.24) is 10.2 Å². The molecule has 0 aromatic rings. The number of hydrogen-bond acceptors (Lipinski definition) is 2. The van der Waals surface area contributed by atoms with Crippen LogP contribution in [0.25, 0.3) is 0 Å². The Labute approximate surface area is 108 Å². The van der Waals surface area contributed by atoms with E-state index in [1.807, 2.05) is 0 Å². The molecule has 0 aromatic heterocycles. The summed E-state index contributed by atoms with van der Waals surface area (Å²) in [5.74, 6) is 1.70. The molecular weight excluding hydrogens is 208 g/mol. The topological polar surface area (TPSA) is 15.3 Å². The monoisotopic (exact) mass is 240 g/mol. The summed E-state index contributed by atoms with van der Waals surface area (Å²) >= 11 is 0. The van der Waals surface area contributed by atoms with Crippen LogP contribution in [0.5, 0.6) is 0 Å². The van der Waals surface area contributed by atoms with Crippen molar-refractivity contribution in [3.8, 4) is 0 Å². The molecule has 1 heterocycles. The van der Waals surface area contributed by atoms with Crippen LogP contribution in [-0.4, -0.2) is 37.1 Å². The zero-order valence-corrected chi connectivity index (χ0v) is 12.3. The number of hydrogen-bond donors (Lipinski definition) is 1. The standard InChI is InChI=1S/C15H32N2/c1-5-8-16-15-6-9-17(10-7-15)12-14(4)11-13(2)3/h13-16H,5-12H2,1-4H3. The Hall–Kier alpha value is -0.0800. The molecule has 0 radical (unpaired) electrons. The predicted molar refractivity (Wildman–Crippen MR) is 76.4 cm³/mol. The number of nitrogens with zero attached hydrogens (tertiary/aromatic N) is 1. The average molecular weight is 240 g/mol. The van der Waals surface area contributed by atoms with E-state index in [0.717, 1.165) is 17.9 Å². The third-order valence-corrected chi connectivity index (χ3v) is 3.71. The molecule has 1 saturated heterocycles. The summed E-state index contributed by atoms with van der Waals surface area (Å²) in [6.45, 7) is 14.4. The van der Waals surface area contributed by atoms with E-state index in [0.29, 0.717) is 0 Å². The summed E-state index contributed by atoms with van der Waals surface area (Å²) in [6.07, 6.45) is 5.31. The molecule has 0 spiro atoms. The number of rotatable bonds is 7. The fourth-order valence-electron chi connectivity index (χ4n) is 2.99. The minimum Gasteiger partial charge on any atom is -0.314 e.